The van der Waals surface area contributed by atoms with Crippen molar-refractivity contribution in [2.45, 2.75) is 39.2 Å². The molecule has 2 aliphatic rings. The van der Waals surface area contributed by atoms with Gasteiger partial charge in [0.1, 0.15) is 0 Å². The first kappa shape index (κ1) is 24.8. The van der Waals surface area contributed by atoms with Gasteiger partial charge in [-0.2, -0.15) is 0 Å². The zero-order valence-corrected chi connectivity index (χ0v) is 20.7. The minimum Gasteiger partial charge on any atom is -0.385 e. The summed E-state index contributed by atoms with van der Waals surface area (Å²) in [5.74, 6) is 0.942. The summed E-state index contributed by atoms with van der Waals surface area (Å²) in [6, 6.07) is 7.16. The van der Waals surface area contributed by atoms with Crippen LogP contribution in [0.3, 0.4) is 0 Å². The number of nitrogens with one attached hydrogen (secondary N) is 2. The highest BCUT2D eigenvalue weighted by Gasteiger charge is 2.21. The number of piperazine rings is 1. The molecule has 2 saturated heterocycles. The van der Waals surface area contributed by atoms with E-state index in [0.717, 1.165) is 77.9 Å². The highest BCUT2D eigenvalue weighted by molar-refractivity contribution is 5.79. The van der Waals surface area contributed by atoms with Gasteiger partial charge in [0, 0.05) is 91.4 Å². The number of rotatable bonds is 9. The van der Waals surface area contributed by atoms with E-state index in [4.69, 9.17) is 4.74 Å². The van der Waals surface area contributed by atoms with Gasteiger partial charge in [-0.05, 0) is 50.3 Å². The lowest BCUT2D eigenvalue weighted by atomic mass is 10.1. The maximum atomic E-state index is 5.17. The van der Waals surface area contributed by atoms with Crippen molar-refractivity contribution in [2.75, 3.05) is 84.6 Å². The number of methoxy groups -OCH3 is 1. The summed E-state index contributed by atoms with van der Waals surface area (Å²) < 4.78 is 5.17. The maximum Gasteiger partial charge on any atom is 0.191 e. The summed E-state index contributed by atoms with van der Waals surface area (Å²) in [5.41, 5.74) is 4.19. The van der Waals surface area contributed by atoms with Crippen molar-refractivity contribution in [3.8, 4) is 0 Å². The van der Waals surface area contributed by atoms with Crippen LogP contribution in [-0.2, 0) is 4.74 Å². The lowest BCUT2D eigenvalue weighted by molar-refractivity contribution is 0.155. The number of likely N-dealkylation sites (tertiary alicyclic amines) is 1. The zero-order chi connectivity index (χ0) is 22.8. The van der Waals surface area contributed by atoms with E-state index in [-0.39, 0.29) is 0 Å². The Kier molecular flexibility index (Phi) is 10.1. The summed E-state index contributed by atoms with van der Waals surface area (Å²) in [7, 11) is 3.65. The molecule has 3 rings (SSSR count). The van der Waals surface area contributed by atoms with Crippen LogP contribution in [0.5, 0.6) is 0 Å². The van der Waals surface area contributed by atoms with Crippen molar-refractivity contribution >= 4 is 11.6 Å². The van der Waals surface area contributed by atoms with Crippen molar-refractivity contribution in [3.05, 3.63) is 29.3 Å². The fourth-order valence-electron chi connectivity index (χ4n) is 4.74. The number of benzene rings is 1. The molecule has 0 aromatic heterocycles. The van der Waals surface area contributed by atoms with Crippen LogP contribution < -0.4 is 15.5 Å². The third-order valence-corrected chi connectivity index (χ3v) is 6.98. The summed E-state index contributed by atoms with van der Waals surface area (Å²) in [5, 5.41) is 7.16. The molecule has 0 aliphatic carbocycles. The number of anilines is 1. The average molecular weight is 445 g/mol. The lowest BCUT2D eigenvalue weighted by Crippen LogP contribution is -2.51. The molecule has 2 aliphatic heterocycles. The molecule has 2 heterocycles. The molecular weight excluding hydrogens is 400 g/mol. The van der Waals surface area contributed by atoms with E-state index in [1.54, 1.807) is 7.11 Å². The van der Waals surface area contributed by atoms with Crippen molar-refractivity contribution in [3.63, 3.8) is 0 Å². The van der Waals surface area contributed by atoms with E-state index in [2.05, 4.69) is 62.4 Å². The predicted octanol–water partition coefficient (Wildman–Crippen LogP) is 2.09. The predicted molar refractivity (Wildman–Crippen MR) is 135 cm³/mol. The van der Waals surface area contributed by atoms with E-state index in [1.165, 1.54) is 29.7 Å². The first-order chi connectivity index (χ1) is 15.6. The van der Waals surface area contributed by atoms with Gasteiger partial charge in [-0.15, -0.1) is 0 Å². The molecule has 0 radical (unpaired) electrons. The van der Waals surface area contributed by atoms with Gasteiger partial charge < -0.3 is 25.2 Å². The van der Waals surface area contributed by atoms with Crippen LogP contribution >= 0.6 is 0 Å². The number of piperidine rings is 1. The van der Waals surface area contributed by atoms with Gasteiger partial charge in [-0.3, -0.25) is 9.89 Å². The fourth-order valence-corrected chi connectivity index (χ4v) is 4.74. The summed E-state index contributed by atoms with van der Waals surface area (Å²) in [6.45, 7) is 15.2. The first-order valence-electron chi connectivity index (χ1n) is 12.3. The Bertz CT molecular complexity index is 708. The van der Waals surface area contributed by atoms with Gasteiger partial charge in [0.05, 0.1) is 0 Å². The minimum atomic E-state index is 0.515. The Balaban J connectivity index is 1.32. The van der Waals surface area contributed by atoms with Crippen molar-refractivity contribution in [2.24, 2.45) is 4.99 Å². The van der Waals surface area contributed by atoms with Gasteiger partial charge in [-0.1, -0.05) is 12.1 Å². The number of aliphatic imine (C=N–C) groups is 1. The van der Waals surface area contributed by atoms with Crippen LogP contribution in [0.15, 0.2) is 23.2 Å². The van der Waals surface area contributed by atoms with Gasteiger partial charge in [0.2, 0.25) is 0 Å². The minimum absolute atomic E-state index is 0.515. The van der Waals surface area contributed by atoms with E-state index in [0.29, 0.717) is 6.04 Å². The van der Waals surface area contributed by atoms with E-state index in [1.807, 2.05) is 7.05 Å². The second-order valence-corrected chi connectivity index (χ2v) is 9.15. The number of ether oxygens (including phenoxy) is 1. The Labute approximate surface area is 195 Å². The lowest BCUT2D eigenvalue weighted by Gasteiger charge is -2.37. The molecular formula is C25H44N6O. The average Bonchev–Trinajstić information content (AvgIpc) is 2.82. The largest absolute Gasteiger partial charge is 0.385 e. The van der Waals surface area contributed by atoms with Crippen molar-refractivity contribution in [1.29, 1.82) is 0 Å². The summed E-state index contributed by atoms with van der Waals surface area (Å²) in [4.78, 5) is 12.1. The van der Waals surface area contributed by atoms with Crippen LogP contribution in [0.25, 0.3) is 0 Å². The zero-order valence-electron chi connectivity index (χ0n) is 20.7. The molecule has 7 nitrogen and oxygen atoms in total. The molecule has 1 aromatic rings. The molecule has 180 valence electrons. The van der Waals surface area contributed by atoms with Crippen LogP contribution in [-0.4, -0.2) is 101 Å². The monoisotopic (exact) mass is 444 g/mol. The topological polar surface area (TPSA) is 55.4 Å². The van der Waals surface area contributed by atoms with Gasteiger partial charge in [0.15, 0.2) is 5.96 Å². The van der Waals surface area contributed by atoms with Crippen molar-refractivity contribution in [1.82, 2.24) is 20.4 Å². The molecule has 0 unspecified atom stereocenters. The quantitative estimate of drug-likeness (QED) is 0.346. The molecule has 1 aromatic carbocycles. The third-order valence-electron chi connectivity index (χ3n) is 6.98. The van der Waals surface area contributed by atoms with Gasteiger partial charge in [0.25, 0.3) is 0 Å². The Morgan fingerprint density at radius 3 is 2.44 bits per heavy atom. The molecule has 7 heteroatoms. The van der Waals surface area contributed by atoms with Crippen LogP contribution in [0.4, 0.5) is 5.69 Å². The Morgan fingerprint density at radius 2 is 1.75 bits per heavy atom. The second kappa shape index (κ2) is 13.0. The van der Waals surface area contributed by atoms with E-state index < -0.39 is 0 Å². The molecule has 0 spiro atoms. The molecule has 2 fully saturated rings. The number of guanidine groups is 1. The third kappa shape index (κ3) is 7.36. The number of hydrogen-bond donors (Lipinski definition) is 2. The number of aryl methyl sites for hydroxylation is 1. The molecule has 0 saturated carbocycles. The van der Waals surface area contributed by atoms with Crippen molar-refractivity contribution < 1.29 is 4.74 Å². The number of hydrogen-bond acceptors (Lipinski definition) is 5. The van der Waals surface area contributed by atoms with Crippen LogP contribution in [0, 0.1) is 13.8 Å². The van der Waals surface area contributed by atoms with Crippen LogP contribution in [0.1, 0.15) is 30.4 Å². The number of nitrogens with zero attached hydrogens (tertiary/aromatic N) is 4. The van der Waals surface area contributed by atoms with Gasteiger partial charge >= 0.3 is 0 Å². The standard InChI is InChI=1S/C25H44N6O/c1-21-7-5-8-24(22(21)2)31-18-16-30(17-19-31)15-11-27-25(26-3)28-23-9-13-29(14-10-23)12-6-20-32-4/h5,7-8,23H,6,9-20H2,1-4H3,(H2,26,27,28). The normalized spacial score (nSPS) is 19.4. The summed E-state index contributed by atoms with van der Waals surface area (Å²) in [6.07, 6.45) is 3.47. The highest BCUT2D eigenvalue weighted by atomic mass is 16.5. The molecule has 32 heavy (non-hydrogen) atoms. The Hall–Kier alpha value is -1.83. The smallest absolute Gasteiger partial charge is 0.191 e. The van der Waals surface area contributed by atoms with Gasteiger partial charge in [-0.25, -0.2) is 0 Å². The second-order valence-electron chi connectivity index (χ2n) is 9.15. The molecule has 2 N–H and O–H groups in total. The SMILES string of the molecule is CN=C(NCCN1CCN(c2cccc(C)c2C)CC1)NC1CCN(CCCOC)CC1. The highest BCUT2D eigenvalue weighted by Crippen LogP contribution is 2.23. The molecule has 0 atom stereocenters. The Morgan fingerprint density at radius 1 is 1.03 bits per heavy atom. The van der Waals surface area contributed by atoms with E-state index in [9.17, 15) is 0 Å². The van der Waals surface area contributed by atoms with Crippen LogP contribution in [0.2, 0.25) is 0 Å². The first-order valence-corrected chi connectivity index (χ1v) is 12.3. The molecule has 0 bridgehead atoms. The molecule has 0 amide bonds. The van der Waals surface area contributed by atoms with E-state index >= 15 is 0 Å². The maximum absolute atomic E-state index is 5.17. The summed E-state index contributed by atoms with van der Waals surface area (Å²) >= 11 is 0. The fraction of sp³-hybridized carbons (Fsp3) is 0.720.